The third-order valence-corrected chi connectivity index (χ3v) is 4.29. The number of aliphatic hydroxyl groups excluding tert-OH is 2. The van der Waals surface area contributed by atoms with Gasteiger partial charge in [-0.15, -0.1) is 0 Å². The molecular formula is C21H36N4O10. The Morgan fingerprint density at radius 1 is 0.943 bits per heavy atom. The first-order valence-electron chi connectivity index (χ1n) is 10.5. The number of rotatable bonds is 8. The molecule has 0 aromatic heterocycles. The van der Waals surface area contributed by atoms with E-state index in [2.05, 4.69) is 5.32 Å². The highest BCUT2D eigenvalue weighted by Crippen LogP contribution is 2.03. The average Bonchev–Trinajstić information content (AvgIpc) is 3.35. The first-order chi connectivity index (χ1) is 16.2. The highest BCUT2D eigenvalue weighted by atomic mass is 16.4. The Bertz CT molecular complexity index is 746. The number of aliphatic carboxylic acids is 4. The van der Waals surface area contributed by atoms with Crippen molar-refractivity contribution >= 4 is 23.9 Å². The number of carboxylic acid groups (broad SMARTS) is 4. The molecule has 0 saturated carbocycles. The Hall–Kier alpha value is -3.14. The lowest BCUT2D eigenvalue weighted by atomic mass is 10.1. The average molecular weight is 505 g/mol. The molecule has 1 aliphatic heterocycles. The maximum Gasteiger partial charge on any atom is 0.323 e. The van der Waals surface area contributed by atoms with Gasteiger partial charge in [-0.25, -0.2) is 0 Å². The Kier molecular flexibility index (Phi) is 18.7. The van der Waals surface area contributed by atoms with Crippen molar-refractivity contribution < 1.29 is 49.8 Å². The fourth-order valence-corrected chi connectivity index (χ4v) is 2.14. The fourth-order valence-electron chi connectivity index (χ4n) is 2.14. The number of nitrogens with one attached hydrogen (secondary N) is 1. The van der Waals surface area contributed by atoms with E-state index >= 15 is 0 Å². The molecule has 2 rings (SSSR count). The van der Waals surface area contributed by atoms with Crippen molar-refractivity contribution in [1.29, 1.82) is 0 Å². The fraction of sp³-hybridized carbons (Fsp3) is 0.524. The second kappa shape index (κ2) is 19.2. The molecule has 1 aliphatic rings. The number of benzene rings is 1. The van der Waals surface area contributed by atoms with Gasteiger partial charge in [-0.05, 0) is 38.3 Å². The zero-order valence-corrected chi connectivity index (χ0v) is 19.4. The van der Waals surface area contributed by atoms with Gasteiger partial charge in [-0.2, -0.15) is 0 Å². The van der Waals surface area contributed by atoms with Gasteiger partial charge < -0.3 is 53.2 Å². The summed E-state index contributed by atoms with van der Waals surface area (Å²) in [6.45, 7) is 1.69. The van der Waals surface area contributed by atoms with Crippen LogP contribution in [0.4, 0.5) is 0 Å². The van der Waals surface area contributed by atoms with Gasteiger partial charge in [0.15, 0.2) is 0 Å². The van der Waals surface area contributed by atoms with E-state index < -0.39 is 54.7 Å². The highest BCUT2D eigenvalue weighted by Gasteiger charge is 2.20. The third kappa shape index (κ3) is 17.9. The van der Waals surface area contributed by atoms with Gasteiger partial charge in [0.05, 0.1) is 12.7 Å². The van der Waals surface area contributed by atoms with E-state index in [1.165, 1.54) is 6.92 Å². The van der Waals surface area contributed by atoms with Gasteiger partial charge in [-0.3, -0.25) is 19.2 Å². The van der Waals surface area contributed by atoms with E-state index in [0.29, 0.717) is 6.42 Å². The van der Waals surface area contributed by atoms with E-state index in [1.54, 1.807) is 0 Å². The zero-order chi connectivity index (χ0) is 27.6. The molecule has 5 atom stereocenters. The molecule has 14 nitrogen and oxygen atoms in total. The molecule has 200 valence electrons. The van der Waals surface area contributed by atoms with E-state index in [1.807, 2.05) is 30.3 Å². The minimum Gasteiger partial charge on any atom is -0.480 e. The van der Waals surface area contributed by atoms with Crippen LogP contribution in [0.2, 0.25) is 0 Å². The zero-order valence-electron chi connectivity index (χ0n) is 19.4. The Balaban J connectivity index is 0. The number of hydrogen-bond donors (Lipinski definition) is 10. The summed E-state index contributed by atoms with van der Waals surface area (Å²) in [6.07, 6.45) is 1.19. The summed E-state index contributed by atoms with van der Waals surface area (Å²) in [6, 6.07) is 5.99. The lowest BCUT2D eigenvalue weighted by Gasteiger charge is -2.06. The number of carbonyl (C=O) groups is 4. The van der Waals surface area contributed by atoms with Crippen LogP contribution in [0.1, 0.15) is 25.3 Å². The van der Waals surface area contributed by atoms with Crippen LogP contribution < -0.4 is 22.5 Å². The molecule has 1 saturated heterocycles. The van der Waals surface area contributed by atoms with Crippen molar-refractivity contribution in [3.05, 3.63) is 35.9 Å². The Morgan fingerprint density at radius 3 is 1.69 bits per heavy atom. The molecule has 13 N–H and O–H groups in total. The van der Waals surface area contributed by atoms with Crippen molar-refractivity contribution in [3.8, 4) is 0 Å². The first kappa shape index (κ1) is 34.0. The molecular weight excluding hydrogens is 468 g/mol. The molecule has 0 amide bonds. The maximum absolute atomic E-state index is 10.4. The van der Waals surface area contributed by atoms with E-state index in [4.69, 9.17) is 47.8 Å². The van der Waals surface area contributed by atoms with Crippen LogP contribution in [-0.4, -0.2) is 97.9 Å². The lowest BCUT2D eigenvalue weighted by molar-refractivity contribution is -0.141. The molecule has 0 radical (unpaired) electrons. The van der Waals surface area contributed by atoms with Crippen LogP contribution in [0, 0.1) is 0 Å². The summed E-state index contributed by atoms with van der Waals surface area (Å²) in [5.74, 6) is -4.04. The summed E-state index contributed by atoms with van der Waals surface area (Å²) < 4.78 is 0. The minimum atomic E-state index is -1.18. The van der Waals surface area contributed by atoms with Gasteiger partial charge in [0.2, 0.25) is 0 Å². The maximum atomic E-state index is 10.4. The number of carboxylic acids is 4. The van der Waals surface area contributed by atoms with E-state index in [-0.39, 0.29) is 6.04 Å². The van der Waals surface area contributed by atoms with Crippen molar-refractivity contribution in [3.63, 3.8) is 0 Å². The van der Waals surface area contributed by atoms with Crippen LogP contribution in [0.5, 0.6) is 0 Å². The summed E-state index contributed by atoms with van der Waals surface area (Å²) in [5.41, 5.74) is 16.0. The van der Waals surface area contributed by atoms with Gasteiger partial charge >= 0.3 is 23.9 Å². The molecule has 14 heteroatoms. The third-order valence-electron chi connectivity index (χ3n) is 4.29. The molecule has 35 heavy (non-hydrogen) atoms. The normalized spacial score (nSPS) is 17.4. The van der Waals surface area contributed by atoms with Crippen LogP contribution in [0.25, 0.3) is 0 Å². The lowest BCUT2D eigenvalue weighted by Crippen LogP contribution is -2.39. The number of hydrogen-bond acceptors (Lipinski definition) is 10. The summed E-state index contributed by atoms with van der Waals surface area (Å²) in [5, 5.41) is 52.2. The Morgan fingerprint density at radius 2 is 1.46 bits per heavy atom. The predicted molar refractivity (Wildman–Crippen MR) is 124 cm³/mol. The standard InChI is InChI=1S/C9H11NO2.C5H9NO2.C4H9NO3.C3H7NO3/c10-8(9(11)12)6-7-4-2-1-3-5-7;7-5(8)4-2-1-3-6-4;1-2(6)3(5)4(7)8;4-2(1-5)3(6)7/h1-5,8H,6,10H2,(H,11,12);4,6H,1-3H2,(H,7,8);2-3,6H,5H2,1H3,(H,7,8);2,5H,1,4H2,(H,6,7)/t8-;4-;2-,3+;2-/m0010/s1. The van der Waals surface area contributed by atoms with Crippen LogP contribution in [0.15, 0.2) is 30.3 Å². The number of nitrogens with two attached hydrogens (primary N) is 3. The molecule has 1 fully saturated rings. The van der Waals surface area contributed by atoms with Crippen LogP contribution in [-0.2, 0) is 25.6 Å². The van der Waals surface area contributed by atoms with Crippen molar-refractivity contribution in [2.45, 2.75) is 56.5 Å². The first-order valence-corrected chi connectivity index (χ1v) is 10.5. The van der Waals surface area contributed by atoms with Crippen molar-refractivity contribution in [2.75, 3.05) is 13.2 Å². The van der Waals surface area contributed by atoms with Gasteiger partial charge in [0.1, 0.15) is 24.2 Å². The van der Waals surface area contributed by atoms with Crippen molar-refractivity contribution in [2.24, 2.45) is 17.2 Å². The molecule has 1 aromatic rings. The topological polar surface area (TPSA) is 280 Å². The molecule has 1 aromatic carbocycles. The molecule has 0 bridgehead atoms. The predicted octanol–water partition coefficient (Wildman–Crippen LogP) is -2.37. The second-order valence-corrected chi connectivity index (χ2v) is 7.35. The van der Waals surface area contributed by atoms with Crippen LogP contribution >= 0.6 is 0 Å². The number of aliphatic hydroxyl groups is 2. The van der Waals surface area contributed by atoms with E-state index in [0.717, 1.165) is 24.9 Å². The van der Waals surface area contributed by atoms with Gasteiger partial charge in [0, 0.05) is 0 Å². The minimum absolute atomic E-state index is 0.269. The quantitative estimate of drug-likeness (QED) is 0.177. The Labute approximate surface area is 202 Å². The summed E-state index contributed by atoms with van der Waals surface area (Å²) >= 11 is 0. The molecule has 0 spiro atoms. The van der Waals surface area contributed by atoms with Gasteiger partial charge in [0.25, 0.3) is 0 Å². The van der Waals surface area contributed by atoms with Gasteiger partial charge in [-0.1, -0.05) is 30.3 Å². The highest BCUT2D eigenvalue weighted by molar-refractivity contribution is 5.74. The molecule has 0 unspecified atom stereocenters. The van der Waals surface area contributed by atoms with E-state index in [9.17, 15) is 19.2 Å². The summed E-state index contributed by atoms with van der Waals surface area (Å²) in [4.78, 5) is 40.0. The smallest absolute Gasteiger partial charge is 0.323 e. The molecule has 0 aliphatic carbocycles. The van der Waals surface area contributed by atoms with Crippen molar-refractivity contribution in [1.82, 2.24) is 5.32 Å². The monoisotopic (exact) mass is 504 g/mol. The molecule has 1 heterocycles. The largest absolute Gasteiger partial charge is 0.480 e. The summed E-state index contributed by atoms with van der Waals surface area (Å²) in [7, 11) is 0. The van der Waals surface area contributed by atoms with Crippen LogP contribution in [0.3, 0.4) is 0 Å². The SMILES string of the molecule is C[C@@H](O)[C@H](N)C(=O)O.N[C@@H](CO)C(=O)O.N[C@@H](Cc1ccccc1)C(=O)O.O=C(O)[C@@H]1CCCN1. The second-order valence-electron chi connectivity index (χ2n) is 7.35.